The maximum Gasteiger partial charge on any atom is 0.136 e. The molecular formula is C5H8O2. The number of allylic oxidation sites excluding steroid dienone is 1. The molecule has 0 unspecified atom stereocenters. The van der Waals surface area contributed by atoms with Crippen molar-refractivity contribution in [3.8, 4) is 0 Å². The molecule has 0 amide bonds. The molecule has 1 fully saturated rings. The summed E-state index contributed by atoms with van der Waals surface area (Å²) in [5.74, 6) is 1.08. The van der Waals surface area contributed by atoms with Gasteiger partial charge in [0.1, 0.15) is 11.5 Å². The van der Waals surface area contributed by atoms with Crippen molar-refractivity contribution < 1.29 is 9.84 Å². The Bertz CT molecular complexity index is 94.6. The largest absolute Gasteiger partial charge is 0.509 e. The summed E-state index contributed by atoms with van der Waals surface area (Å²) in [5, 5.41) is 8.63. The van der Waals surface area contributed by atoms with Gasteiger partial charge in [0.15, 0.2) is 0 Å². The van der Waals surface area contributed by atoms with Crippen molar-refractivity contribution in [2.75, 3.05) is 6.61 Å². The van der Waals surface area contributed by atoms with Crippen molar-refractivity contribution in [2.45, 2.75) is 13.3 Å². The van der Waals surface area contributed by atoms with Crippen molar-refractivity contribution in [1.82, 2.24) is 0 Å². The molecule has 1 heterocycles. The first-order chi connectivity index (χ1) is 3.30. The van der Waals surface area contributed by atoms with E-state index in [-0.39, 0.29) is 0 Å². The molecule has 1 saturated heterocycles. The second-order valence-electron chi connectivity index (χ2n) is 1.61. The summed E-state index contributed by atoms with van der Waals surface area (Å²) in [5.41, 5.74) is 0. The van der Waals surface area contributed by atoms with Gasteiger partial charge in [-0.15, -0.1) is 0 Å². The summed E-state index contributed by atoms with van der Waals surface area (Å²) in [6.45, 7) is 2.40. The van der Waals surface area contributed by atoms with E-state index in [2.05, 4.69) is 0 Å². The van der Waals surface area contributed by atoms with E-state index >= 15 is 0 Å². The third kappa shape index (κ3) is 0.683. The molecule has 0 radical (unpaired) electrons. The molecule has 0 bridgehead atoms. The molecule has 2 nitrogen and oxygen atoms in total. The zero-order chi connectivity index (χ0) is 5.28. The Morgan fingerprint density at radius 1 is 1.86 bits per heavy atom. The molecule has 1 N–H and O–H groups in total. The fourth-order valence-electron chi connectivity index (χ4n) is 0.489. The topological polar surface area (TPSA) is 29.5 Å². The minimum Gasteiger partial charge on any atom is -0.509 e. The Labute approximate surface area is 42.4 Å². The number of aliphatic hydroxyl groups excluding tert-OH is 1. The van der Waals surface area contributed by atoms with Crippen molar-refractivity contribution >= 4 is 0 Å². The molecule has 7 heavy (non-hydrogen) atoms. The molecule has 0 spiro atoms. The monoisotopic (exact) mass is 100 g/mol. The van der Waals surface area contributed by atoms with Gasteiger partial charge in [-0.05, 0) is 6.92 Å². The molecule has 0 saturated carbocycles. The van der Waals surface area contributed by atoms with Crippen LogP contribution in [0.3, 0.4) is 0 Å². The molecule has 0 aromatic heterocycles. The lowest BCUT2D eigenvalue weighted by molar-refractivity contribution is 0.100. The summed E-state index contributed by atoms with van der Waals surface area (Å²) in [7, 11) is 0. The lowest BCUT2D eigenvalue weighted by Crippen LogP contribution is -2.10. The van der Waals surface area contributed by atoms with E-state index in [0.717, 1.165) is 18.8 Å². The number of ether oxygens (including phenoxy) is 1. The van der Waals surface area contributed by atoms with E-state index in [4.69, 9.17) is 9.84 Å². The van der Waals surface area contributed by atoms with E-state index in [1.807, 2.05) is 0 Å². The van der Waals surface area contributed by atoms with Crippen LogP contribution in [0, 0.1) is 0 Å². The maximum atomic E-state index is 8.63. The standard InChI is InChI=1S/C5H8O2/c1-4(6)5-2-3-7-5/h6H,2-3H2,1H3/b5-4-. The van der Waals surface area contributed by atoms with Gasteiger partial charge >= 0.3 is 0 Å². The second-order valence-corrected chi connectivity index (χ2v) is 1.61. The fourth-order valence-corrected chi connectivity index (χ4v) is 0.489. The van der Waals surface area contributed by atoms with E-state index in [0.29, 0.717) is 5.76 Å². The second kappa shape index (κ2) is 1.45. The Kier molecular flexibility index (Phi) is 0.929. The van der Waals surface area contributed by atoms with Gasteiger partial charge in [-0.2, -0.15) is 0 Å². The number of aliphatic hydroxyl groups is 1. The van der Waals surface area contributed by atoms with Crippen LogP contribution in [0.1, 0.15) is 13.3 Å². The van der Waals surface area contributed by atoms with E-state index in [9.17, 15) is 0 Å². The van der Waals surface area contributed by atoms with Gasteiger partial charge in [-0.1, -0.05) is 0 Å². The van der Waals surface area contributed by atoms with E-state index in [1.54, 1.807) is 6.92 Å². The van der Waals surface area contributed by atoms with Crippen LogP contribution in [-0.2, 0) is 4.74 Å². The minimum atomic E-state index is 0.325. The first-order valence-corrected chi connectivity index (χ1v) is 2.32. The minimum absolute atomic E-state index is 0.325. The van der Waals surface area contributed by atoms with Crippen LogP contribution in [0.15, 0.2) is 11.5 Å². The zero-order valence-corrected chi connectivity index (χ0v) is 4.27. The SMILES string of the molecule is C/C(O)=C1\CCO1. The lowest BCUT2D eigenvalue weighted by atomic mass is 10.2. The quantitative estimate of drug-likeness (QED) is 0.463. The average molecular weight is 100 g/mol. The molecule has 1 rings (SSSR count). The Morgan fingerprint density at radius 3 is 2.43 bits per heavy atom. The van der Waals surface area contributed by atoms with Crippen LogP contribution in [-0.4, -0.2) is 11.7 Å². The van der Waals surface area contributed by atoms with E-state index in [1.165, 1.54) is 0 Å². The van der Waals surface area contributed by atoms with Crippen molar-refractivity contribution in [3.63, 3.8) is 0 Å². The van der Waals surface area contributed by atoms with Gasteiger partial charge in [0.25, 0.3) is 0 Å². The molecular weight excluding hydrogens is 92.1 g/mol. The number of rotatable bonds is 0. The molecule has 0 aromatic rings. The first kappa shape index (κ1) is 4.50. The Morgan fingerprint density at radius 2 is 2.43 bits per heavy atom. The highest BCUT2D eigenvalue weighted by Crippen LogP contribution is 2.17. The van der Waals surface area contributed by atoms with Crippen LogP contribution < -0.4 is 0 Å². The van der Waals surface area contributed by atoms with Crippen LogP contribution in [0.2, 0.25) is 0 Å². The van der Waals surface area contributed by atoms with Crippen LogP contribution in [0.5, 0.6) is 0 Å². The van der Waals surface area contributed by atoms with E-state index < -0.39 is 0 Å². The molecule has 0 aliphatic carbocycles. The molecule has 1 aliphatic rings. The van der Waals surface area contributed by atoms with Gasteiger partial charge in [0.05, 0.1) is 6.61 Å². The summed E-state index contributed by atoms with van der Waals surface area (Å²) in [6, 6.07) is 0. The number of hydrogen-bond donors (Lipinski definition) is 1. The first-order valence-electron chi connectivity index (χ1n) is 2.32. The van der Waals surface area contributed by atoms with Crippen LogP contribution in [0.25, 0.3) is 0 Å². The Balaban J connectivity index is 2.52. The smallest absolute Gasteiger partial charge is 0.136 e. The highest BCUT2D eigenvalue weighted by Gasteiger charge is 2.11. The van der Waals surface area contributed by atoms with Crippen molar-refractivity contribution in [1.29, 1.82) is 0 Å². The summed E-state index contributed by atoms with van der Waals surface area (Å²) in [4.78, 5) is 0. The fraction of sp³-hybridized carbons (Fsp3) is 0.600. The zero-order valence-electron chi connectivity index (χ0n) is 4.27. The van der Waals surface area contributed by atoms with Gasteiger partial charge in [-0.25, -0.2) is 0 Å². The average Bonchev–Trinajstić information content (AvgIpc) is 1.23. The number of hydrogen-bond acceptors (Lipinski definition) is 2. The van der Waals surface area contributed by atoms with Crippen molar-refractivity contribution in [3.05, 3.63) is 11.5 Å². The molecule has 40 valence electrons. The third-order valence-electron chi connectivity index (χ3n) is 1.01. The normalized spacial score (nSPS) is 25.3. The van der Waals surface area contributed by atoms with Gasteiger partial charge < -0.3 is 9.84 Å². The summed E-state index contributed by atoms with van der Waals surface area (Å²) in [6.07, 6.45) is 0.905. The Hall–Kier alpha value is -0.660. The third-order valence-corrected chi connectivity index (χ3v) is 1.01. The highest BCUT2D eigenvalue weighted by molar-refractivity contribution is 5.01. The summed E-state index contributed by atoms with van der Waals surface area (Å²) < 4.78 is 4.82. The molecule has 2 heteroatoms. The maximum absolute atomic E-state index is 8.63. The predicted octanol–water partition coefficient (Wildman–Crippen LogP) is 1.20. The van der Waals surface area contributed by atoms with Crippen LogP contribution >= 0.6 is 0 Å². The molecule has 1 aliphatic heterocycles. The summed E-state index contributed by atoms with van der Waals surface area (Å²) >= 11 is 0. The predicted molar refractivity (Wildman–Crippen MR) is 25.9 cm³/mol. The van der Waals surface area contributed by atoms with Gasteiger partial charge in [-0.3, -0.25) is 0 Å². The lowest BCUT2D eigenvalue weighted by Gasteiger charge is -2.18. The molecule has 0 aromatic carbocycles. The van der Waals surface area contributed by atoms with Crippen molar-refractivity contribution in [2.24, 2.45) is 0 Å². The van der Waals surface area contributed by atoms with Gasteiger partial charge in [0.2, 0.25) is 0 Å². The highest BCUT2D eigenvalue weighted by atomic mass is 16.5. The molecule has 0 atom stereocenters. The van der Waals surface area contributed by atoms with Gasteiger partial charge in [0, 0.05) is 6.42 Å². The van der Waals surface area contributed by atoms with Crippen LogP contribution in [0.4, 0.5) is 0 Å².